The van der Waals surface area contributed by atoms with Crippen LogP contribution in [0.5, 0.6) is 0 Å². The molecule has 2 aliphatic rings. The molecule has 2 fully saturated rings. The smallest absolute Gasteiger partial charge is 0.253 e. The Bertz CT molecular complexity index is 1350. The fourth-order valence-electron chi connectivity index (χ4n) is 5.77. The molecule has 1 heterocycles. The lowest BCUT2D eigenvalue weighted by Gasteiger charge is -2.54. The second kappa shape index (κ2) is 8.28. The van der Waals surface area contributed by atoms with Crippen LogP contribution >= 0.6 is 11.6 Å². The van der Waals surface area contributed by atoms with Gasteiger partial charge >= 0.3 is 0 Å². The van der Waals surface area contributed by atoms with Gasteiger partial charge in [-0.05, 0) is 66.8 Å². The van der Waals surface area contributed by atoms with E-state index in [-0.39, 0.29) is 18.0 Å². The van der Waals surface area contributed by atoms with E-state index in [0.29, 0.717) is 16.0 Å². The Morgan fingerprint density at radius 1 is 1.03 bits per heavy atom. The number of amides is 1. The number of aromatic nitrogens is 2. The molecule has 0 radical (unpaired) electrons. The summed E-state index contributed by atoms with van der Waals surface area (Å²) in [7, 11) is 0. The van der Waals surface area contributed by atoms with E-state index < -0.39 is 0 Å². The zero-order valence-corrected chi connectivity index (χ0v) is 20.1. The molecule has 1 N–H and O–H groups in total. The summed E-state index contributed by atoms with van der Waals surface area (Å²) in [6.07, 6.45) is 7.96. The van der Waals surface area contributed by atoms with Crippen molar-refractivity contribution in [1.29, 1.82) is 0 Å². The van der Waals surface area contributed by atoms with E-state index in [1.54, 1.807) is 12.3 Å². The molecule has 1 amide bonds. The van der Waals surface area contributed by atoms with Crippen molar-refractivity contribution in [2.45, 2.75) is 51.1 Å². The number of carbonyl (C=O) groups is 1. The standard InChI is InChI=1S/C29H28ClN3O/c1-19(20-8-10-22(11-9-20)21-6-3-2-4-7-21)33-27-24(12-13-26(30)25(27)18-31-33)28(34)32-23-16-29(17-23)14-5-15-29/h2-4,6-13,18-19,23H,5,14-17H2,1H3,(H,32,34)/t19-/m0/s1. The van der Waals surface area contributed by atoms with E-state index >= 15 is 0 Å². The second-order valence-corrected chi connectivity index (χ2v) is 10.4. The molecule has 5 heteroatoms. The van der Waals surface area contributed by atoms with Crippen LogP contribution in [0.2, 0.25) is 5.02 Å². The zero-order valence-electron chi connectivity index (χ0n) is 19.3. The first-order valence-corrected chi connectivity index (χ1v) is 12.5. The van der Waals surface area contributed by atoms with Gasteiger partial charge in [-0.2, -0.15) is 5.10 Å². The Morgan fingerprint density at radius 2 is 1.74 bits per heavy atom. The van der Waals surface area contributed by atoms with Gasteiger partial charge in [-0.25, -0.2) is 0 Å². The van der Waals surface area contributed by atoms with Crippen molar-refractivity contribution < 1.29 is 4.79 Å². The maximum atomic E-state index is 13.3. The molecule has 172 valence electrons. The highest BCUT2D eigenvalue weighted by Crippen LogP contribution is 2.55. The predicted octanol–water partition coefficient (Wildman–Crippen LogP) is 7.03. The Kier molecular flexibility index (Phi) is 5.22. The average molecular weight is 470 g/mol. The fourth-order valence-corrected chi connectivity index (χ4v) is 5.97. The van der Waals surface area contributed by atoms with Crippen molar-refractivity contribution in [3.63, 3.8) is 0 Å². The molecule has 0 bridgehead atoms. The monoisotopic (exact) mass is 469 g/mol. The molecule has 1 atom stereocenters. The summed E-state index contributed by atoms with van der Waals surface area (Å²) >= 11 is 6.51. The van der Waals surface area contributed by atoms with E-state index in [2.05, 4.69) is 53.7 Å². The van der Waals surface area contributed by atoms with Crippen LogP contribution in [0.3, 0.4) is 0 Å². The number of nitrogens with zero attached hydrogens (tertiary/aromatic N) is 2. The van der Waals surface area contributed by atoms with E-state index in [1.807, 2.05) is 28.9 Å². The van der Waals surface area contributed by atoms with Gasteiger partial charge in [0, 0.05) is 11.4 Å². The largest absolute Gasteiger partial charge is 0.349 e. The van der Waals surface area contributed by atoms with Gasteiger partial charge in [-0.3, -0.25) is 9.48 Å². The van der Waals surface area contributed by atoms with E-state index in [9.17, 15) is 4.79 Å². The van der Waals surface area contributed by atoms with Gasteiger partial charge in [-0.1, -0.05) is 72.6 Å². The van der Waals surface area contributed by atoms with Crippen molar-refractivity contribution in [2.75, 3.05) is 0 Å². The summed E-state index contributed by atoms with van der Waals surface area (Å²) in [6, 6.07) is 22.8. The number of hydrogen-bond acceptors (Lipinski definition) is 2. The Hall–Kier alpha value is -3.11. The molecule has 4 aromatic rings. The lowest BCUT2D eigenvalue weighted by atomic mass is 9.54. The molecular weight excluding hydrogens is 442 g/mol. The minimum atomic E-state index is -0.0470. The van der Waals surface area contributed by atoms with Gasteiger partial charge in [0.05, 0.1) is 28.3 Å². The van der Waals surface area contributed by atoms with Gasteiger partial charge in [0.25, 0.3) is 5.91 Å². The third-order valence-electron chi connectivity index (χ3n) is 7.92. The van der Waals surface area contributed by atoms with Gasteiger partial charge < -0.3 is 5.32 Å². The first kappa shape index (κ1) is 21.4. The molecule has 34 heavy (non-hydrogen) atoms. The first-order valence-electron chi connectivity index (χ1n) is 12.1. The number of benzene rings is 3. The summed E-state index contributed by atoms with van der Waals surface area (Å²) in [5.41, 5.74) is 5.45. The number of fused-ring (bicyclic) bond motifs is 1. The van der Waals surface area contributed by atoms with Crippen molar-refractivity contribution in [2.24, 2.45) is 5.41 Å². The van der Waals surface area contributed by atoms with Crippen LogP contribution < -0.4 is 5.32 Å². The van der Waals surface area contributed by atoms with Crippen molar-refractivity contribution in [3.05, 3.63) is 89.1 Å². The van der Waals surface area contributed by atoms with Crippen LogP contribution in [-0.2, 0) is 0 Å². The highest BCUT2D eigenvalue weighted by molar-refractivity contribution is 6.36. The molecule has 4 nitrogen and oxygen atoms in total. The van der Waals surface area contributed by atoms with Crippen LogP contribution in [0, 0.1) is 5.41 Å². The molecular formula is C29H28ClN3O. The molecule has 2 saturated carbocycles. The minimum absolute atomic E-state index is 0.0331. The summed E-state index contributed by atoms with van der Waals surface area (Å²) in [4.78, 5) is 13.3. The van der Waals surface area contributed by atoms with E-state index in [0.717, 1.165) is 29.3 Å². The van der Waals surface area contributed by atoms with Crippen LogP contribution in [0.4, 0.5) is 0 Å². The Balaban J connectivity index is 1.29. The normalized spacial score (nSPS) is 17.8. The molecule has 3 aromatic carbocycles. The number of rotatable bonds is 5. The maximum absolute atomic E-state index is 13.3. The number of hydrogen-bond donors (Lipinski definition) is 1. The molecule has 0 aliphatic heterocycles. The van der Waals surface area contributed by atoms with Gasteiger partial charge in [0.2, 0.25) is 0 Å². The predicted molar refractivity (Wildman–Crippen MR) is 137 cm³/mol. The average Bonchev–Trinajstić information content (AvgIpc) is 3.26. The molecule has 0 saturated heterocycles. The molecule has 0 unspecified atom stereocenters. The molecule has 6 rings (SSSR count). The van der Waals surface area contributed by atoms with Crippen molar-refractivity contribution in [1.82, 2.24) is 15.1 Å². The lowest BCUT2D eigenvalue weighted by Crippen LogP contribution is -2.53. The third kappa shape index (κ3) is 3.61. The SMILES string of the molecule is C[C@@H](c1ccc(-c2ccccc2)cc1)n1ncc2c(Cl)ccc(C(=O)NC3CC4(CCC4)C3)c21. The van der Waals surface area contributed by atoms with Gasteiger partial charge in [0.1, 0.15) is 0 Å². The van der Waals surface area contributed by atoms with Gasteiger partial charge in [-0.15, -0.1) is 0 Å². The summed E-state index contributed by atoms with van der Waals surface area (Å²) in [6.45, 7) is 2.11. The van der Waals surface area contributed by atoms with Crippen LogP contribution in [0.1, 0.15) is 61.0 Å². The number of halogens is 1. The molecule has 1 aromatic heterocycles. The molecule has 2 aliphatic carbocycles. The third-order valence-corrected chi connectivity index (χ3v) is 8.25. The summed E-state index contributed by atoms with van der Waals surface area (Å²) in [5.74, 6) is -0.0331. The number of carbonyl (C=O) groups excluding carboxylic acids is 1. The summed E-state index contributed by atoms with van der Waals surface area (Å²) < 4.78 is 1.93. The first-order chi connectivity index (χ1) is 16.5. The highest BCUT2D eigenvalue weighted by Gasteiger charge is 2.48. The van der Waals surface area contributed by atoms with Gasteiger partial charge in [0.15, 0.2) is 0 Å². The Morgan fingerprint density at radius 3 is 2.41 bits per heavy atom. The fraction of sp³-hybridized carbons (Fsp3) is 0.310. The van der Waals surface area contributed by atoms with Crippen LogP contribution in [-0.4, -0.2) is 21.7 Å². The zero-order chi connectivity index (χ0) is 23.3. The molecule has 1 spiro atoms. The highest BCUT2D eigenvalue weighted by atomic mass is 35.5. The minimum Gasteiger partial charge on any atom is -0.349 e. The van der Waals surface area contributed by atoms with Crippen LogP contribution in [0.25, 0.3) is 22.0 Å². The topological polar surface area (TPSA) is 46.9 Å². The lowest BCUT2D eigenvalue weighted by molar-refractivity contribution is -0.000604. The quantitative estimate of drug-likeness (QED) is 0.341. The van der Waals surface area contributed by atoms with Crippen LogP contribution in [0.15, 0.2) is 72.9 Å². The maximum Gasteiger partial charge on any atom is 0.253 e. The second-order valence-electron chi connectivity index (χ2n) is 10.0. The number of nitrogens with one attached hydrogen (secondary N) is 1. The Labute approximate surface area is 204 Å². The van der Waals surface area contributed by atoms with E-state index in [4.69, 9.17) is 11.6 Å². The van der Waals surface area contributed by atoms with Crippen molar-refractivity contribution >= 4 is 28.4 Å². The van der Waals surface area contributed by atoms with E-state index in [1.165, 1.54) is 30.4 Å². The van der Waals surface area contributed by atoms with Crippen molar-refractivity contribution in [3.8, 4) is 11.1 Å². The summed E-state index contributed by atoms with van der Waals surface area (Å²) in [5, 5.41) is 9.36.